The average molecular weight is 312 g/mol. The highest BCUT2D eigenvalue weighted by Crippen LogP contribution is 2.40. The molecule has 1 aliphatic carbocycles. The third-order valence-electron chi connectivity index (χ3n) is 5.24. The van der Waals surface area contributed by atoms with E-state index in [2.05, 4.69) is 25.9 Å². The third-order valence-corrected chi connectivity index (χ3v) is 5.71. The van der Waals surface area contributed by atoms with Crippen molar-refractivity contribution in [2.75, 3.05) is 0 Å². The van der Waals surface area contributed by atoms with E-state index in [0.29, 0.717) is 5.41 Å². The van der Waals surface area contributed by atoms with Crippen LogP contribution in [0.4, 0.5) is 0 Å². The highest BCUT2D eigenvalue weighted by atomic mass is 35.5. The van der Waals surface area contributed by atoms with Gasteiger partial charge in [0, 0.05) is 18.2 Å². The summed E-state index contributed by atoms with van der Waals surface area (Å²) < 4.78 is 1.75. The molecule has 1 saturated carbocycles. The molecule has 1 aliphatic rings. The summed E-state index contributed by atoms with van der Waals surface area (Å²) in [6.07, 6.45) is 6.75. The van der Waals surface area contributed by atoms with Crippen LogP contribution in [0.25, 0.3) is 0 Å². The molecule has 3 nitrogen and oxygen atoms in total. The van der Waals surface area contributed by atoms with Crippen LogP contribution in [0.1, 0.15) is 64.1 Å². The summed E-state index contributed by atoms with van der Waals surface area (Å²) in [5.74, 6) is 0.772. The molecule has 4 heteroatoms. The fraction of sp³-hybridized carbons (Fsp3) is 0.824. The SMILES string of the molecule is Cc1nn(C)c(Cl)c1CC1(N)CCCC(C(C)(C)C)CC1. The molecule has 2 rings (SSSR count). The predicted molar refractivity (Wildman–Crippen MR) is 89.6 cm³/mol. The Bertz CT molecular complexity index is 501. The van der Waals surface area contributed by atoms with E-state index in [1.807, 2.05) is 14.0 Å². The van der Waals surface area contributed by atoms with Gasteiger partial charge in [0.25, 0.3) is 0 Å². The molecule has 2 N–H and O–H groups in total. The number of hydrogen-bond acceptors (Lipinski definition) is 2. The van der Waals surface area contributed by atoms with Crippen LogP contribution in [0.5, 0.6) is 0 Å². The molecular weight excluding hydrogens is 282 g/mol. The summed E-state index contributed by atoms with van der Waals surface area (Å²) in [5, 5.41) is 5.16. The van der Waals surface area contributed by atoms with Crippen LogP contribution in [0.2, 0.25) is 5.15 Å². The smallest absolute Gasteiger partial charge is 0.130 e. The molecule has 0 aliphatic heterocycles. The second-order valence-electron chi connectivity index (χ2n) is 8.01. The average Bonchev–Trinajstić information content (AvgIpc) is 2.56. The van der Waals surface area contributed by atoms with Crippen molar-refractivity contribution >= 4 is 11.6 Å². The first-order chi connectivity index (χ1) is 9.62. The fourth-order valence-corrected chi connectivity index (χ4v) is 3.94. The molecular formula is C17H30ClN3. The monoisotopic (exact) mass is 311 g/mol. The first kappa shape index (κ1) is 16.8. The summed E-state index contributed by atoms with van der Waals surface area (Å²) in [6, 6.07) is 0. The molecule has 2 unspecified atom stereocenters. The lowest BCUT2D eigenvalue weighted by molar-refractivity contribution is 0.210. The lowest BCUT2D eigenvalue weighted by atomic mass is 9.76. The van der Waals surface area contributed by atoms with Crippen LogP contribution in [-0.2, 0) is 13.5 Å². The highest BCUT2D eigenvalue weighted by Gasteiger charge is 2.34. The third kappa shape index (κ3) is 3.81. The van der Waals surface area contributed by atoms with Gasteiger partial charge in [0.2, 0.25) is 0 Å². The van der Waals surface area contributed by atoms with Gasteiger partial charge in [-0.15, -0.1) is 0 Å². The van der Waals surface area contributed by atoms with Crippen LogP contribution >= 0.6 is 11.6 Å². The normalized spacial score (nSPS) is 27.7. The molecule has 1 fully saturated rings. The van der Waals surface area contributed by atoms with Crippen molar-refractivity contribution in [3.05, 3.63) is 16.4 Å². The highest BCUT2D eigenvalue weighted by molar-refractivity contribution is 6.30. The van der Waals surface area contributed by atoms with Gasteiger partial charge in [-0.05, 0) is 50.4 Å². The summed E-state index contributed by atoms with van der Waals surface area (Å²) in [7, 11) is 1.89. The maximum absolute atomic E-state index is 6.75. The zero-order valence-corrected chi connectivity index (χ0v) is 14.9. The summed E-state index contributed by atoms with van der Waals surface area (Å²) in [6.45, 7) is 9.08. The van der Waals surface area contributed by atoms with E-state index in [0.717, 1.165) is 41.6 Å². The standard InChI is InChI=1S/C17H30ClN3/c1-12-14(15(18)21(5)20-12)11-17(19)9-6-7-13(8-10-17)16(2,3)4/h13H,6-11,19H2,1-5H3. The first-order valence-corrected chi connectivity index (χ1v) is 8.47. The Morgan fingerprint density at radius 1 is 1.33 bits per heavy atom. The maximum Gasteiger partial charge on any atom is 0.130 e. The molecule has 1 heterocycles. The van der Waals surface area contributed by atoms with Crippen molar-refractivity contribution in [1.82, 2.24) is 9.78 Å². The number of aryl methyl sites for hydroxylation is 2. The summed E-state index contributed by atoms with van der Waals surface area (Å²) in [4.78, 5) is 0. The van der Waals surface area contributed by atoms with Crippen molar-refractivity contribution in [3.63, 3.8) is 0 Å². The minimum Gasteiger partial charge on any atom is -0.325 e. The second kappa shape index (κ2) is 5.92. The Balaban J connectivity index is 2.12. The molecule has 1 aromatic rings. The lowest BCUT2D eigenvalue weighted by Gasteiger charge is -2.31. The van der Waals surface area contributed by atoms with E-state index < -0.39 is 0 Å². The molecule has 2 atom stereocenters. The van der Waals surface area contributed by atoms with Gasteiger partial charge in [-0.3, -0.25) is 4.68 Å². The molecule has 0 saturated heterocycles. The van der Waals surface area contributed by atoms with Gasteiger partial charge in [-0.1, -0.05) is 38.8 Å². The molecule has 0 radical (unpaired) electrons. The summed E-state index contributed by atoms with van der Waals surface area (Å²) >= 11 is 6.38. The molecule has 21 heavy (non-hydrogen) atoms. The molecule has 0 bridgehead atoms. The zero-order chi connectivity index (χ0) is 15.8. The fourth-order valence-electron chi connectivity index (χ4n) is 3.70. The lowest BCUT2D eigenvalue weighted by Crippen LogP contribution is -2.41. The van der Waals surface area contributed by atoms with Gasteiger partial charge < -0.3 is 5.73 Å². The first-order valence-electron chi connectivity index (χ1n) is 8.09. The molecule has 1 aromatic heterocycles. The number of rotatable bonds is 2. The second-order valence-corrected chi connectivity index (χ2v) is 8.37. The van der Waals surface area contributed by atoms with Crippen LogP contribution in [0.3, 0.4) is 0 Å². The van der Waals surface area contributed by atoms with Crippen LogP contribution in [-0.4, -0.2) is 15.3 Å². The van der Waals surface area contributed by atoms with Crippen molar-refractivity contribution in [2.24, 2.45) is 24.1 Å². The van der Waals surface area contributed by atoms with Gasteiger partial charge >= 0.3 is 0 Å². The maximum atomic E-state index is 6.75. The van der Waals surface area contributed by atoms with Gasteiger partial charge in [0.05, 0.1) is 5.69 Å². The Hall–Kier alpha value is -0.540. The van der Waals surface area contributed by atoms with Crippen molar-refractivity contribution < 1.29 is 0 Å². The largest absolute Gasteiger partial charge is 0.325 e. The van der Waals surface area contributed by atoms with E-state index in [1.165, 1.54) is 19.3 Å². The Morgan fingerprint density at radius 2 is 2.00 bits per heavy atom. The number of nitrogens with zero attached hydrogens (tertiary/aromatic N) is 2. The number of nitrogens with two attached hydrogens (primary N) is 1. The van der Waals surface area contributed by atoms with E-state index in [9.17, 15) is 0 Å². The van der Waals surface area contributed by atoms with Crippen molar-refractivity contribution in [1.29, 1.82) is 0 Å². The van der Waals surface area contributed by atoms with E-state index in [1.54, 1.807) is 4.68 Å². The number of aromatic nitrogens is 2. The predicted octanol–water partition coefficient (Wildman–Crippen LogP) is 4.25. The van der Waals surface area contributed by atoms with Gasteiger partial charge in [0.15, 0.2) is 0 Å². The zero-order valence-electron chi connectivity index (χ0n) is 14.2. The van der Waals surface area contributed by atoms with E-state index in [4.69, 9.17) is 17.3 Å². The van der Waals surface area contributed by atoms with Gasteiger partial charge in [-0.25, -0.2) is 0 Å². The topological polar surface area (TPSA) is 43.8 Å². The Kier molecular flexibility index (Phi) is 4.75. The van der Waals surface area contributed by atoms with E-state index in [-0.39, 0.29) is 5.54 Å². The van der Waals surface area contributed by atoms with Crippen LogP contribution < -0.4 is 5.73 Å². The minimum atomic E-state index is -0.128. The van der Waals surface area contributed by atoms with Crippen molar-refractivity contribution in [3.8, 4) is 0 Å². The Labute approximate surface area is 134 Å². The Morgan fingerprint density at radius 3 is 2.52 bits per heavy atom. The molecule has 0 amide bonds. The molecule has 120 valence electrons. The molecule has 0 aromatic carbocycles. The number of hydrogen-bond donors (Lipinski definition) is 1. The number of halogens is 1. The van der Waals surface area contributed by atoms with Gasteiger partial charge in [0.1, 0.15) is 5.15 Å². The molecule has 0 spiro atoms. The van der Waals surface area contributed by atoms with Crippen molar-refractivity contribution in [2.45, 2.75) is 71.8 Å². The summed E-state index contributed by atoms with van der Waals surface area (Å²) in [5.41, 5.74) is 9.16. The minimum absolute atomic E-state index is 0.128. The van der Waals surface area contributed by atoms with Gasteiger partial charge in [-0.2, -0.15) is 5.10 Å². The van der Waals surface area contributed by atoms with E-state index >= 15 is 0 Å². The van der Waals surface area contributed by atoms with Crippen LogP contribution in [0, 0.1) is 18.3 Å². The van der Waals surface area contributed by atoms with Crippen LogP contribution in [0.15, 0.2) is 0 Å². The quantitative estimate of drug-likeness (QED) is 0.830.